The first-order valence-corrected chi connectivity index (χ1v) is 7.26. The van der Waals surface area contributed by atoms with Gasteiger partial charge >= 0.3 is 0 Å². The molecule has 1 saturated heterocycles. The van der Waals surface area contributed by atoms with Gasteiger partial charge in [-0.25, -0.2) is 0 Å². The Morgan fingerprint density at radius 1 is 1.22 bits per heavy atom. The number of thioether (sulfide) groups is 1. The number of nitrogens with zero attached hydrogens (tertiary/aromatic N) is 3. The van der Waals surface area contributed by atoms with E-state index in [2.05, 4.69) is 40.3 Å². The molecule has 0 atom stereocenters. The number of fused-ring (bicyclic) bond motifs is 1. The zero-order valence-corrected chi connectivity index (χ0v) is 11.4. The zero-order valence-electron chi connectivity index (χ0n) is 10.5. The number of hydrogen-bond acceptors (Lipinski definition) is 4. The molecule has 1 aromatic heterocycles. The van der Waals surface area contributed by atoms with Gasteiger partial charge in [0.15, 0.2) is 0 Å². The molecule has 0 unspecified atom stereocenters. The van der Waals surface area contributed by atoms with Gasteiger partial charge in [0.25, 0.3) is 0 Å². The average Bonchev–Trinajstić information content (AvgIpc) is 2.42. The highest BCUT2D eigenvalue weighted by atomic mass is 32.2. The molecule has 0 N–H and O–H groups in total. The highest BCUT2D eigenvalue weighted by molar-refractivity contribution is 8.00. The first-order valence-electron chi connectivity index (χ1n) is 6.38. The second-order valence-electron chi connectivity index (χ2n) is 4.86. The van der Waals surface area contributed by atoms with Gasteiger partial charge < -0.3 is 4.90 Å². The van der Waals surface area contributed by atoms with Crippen LogP contribution >= 0.6 is 11.8 Å². The molecular formula is C14H17N3S. The van der Waals surface area contributed by atoms with Crippen molar-refractivity contribution in [3.63, 3.8) is 0 Å². The summed E-state index contributed by atoms with van der Waals surface area (Å²) in [6.07, 6.45) is 4.33. The van der Waals surface area contributed by atoms with Crippen molar-refractivity contribution in [3.8, 4) is 0 Å². The molecule has 94 valence electrons. The third kappa shape index (κ3) is 2.49. The Morgan fingerprint density at radius 2 is 2.00 bits per heavy atom. The van der Waals surface area contributed by atoms with Gasteiger partial charge in [0, 0.05) is 16.0 Å². The number of hydrogen-bond donors (Lipinski definition) is 0. The summed E-state index contributed by atoms with van der Waals surface area (Å²) in [5.74, 6) is 0. The lowest BCUT2D eigenvalue weighted by molar-refractivity contribution is 0.282. The summed E-state index contributed by atoms with van der Waals surface area (Å²) >= 11 is 1.90. The van der Waals surface area contributed by atoms with Crippen molar-refractivity contribution in [2.24, 2.45) is 0 Å². The fraction of sp³-hybridized carbons (Fsp3) is 0.429. The van der Waals surface area contributed by atoms with Crippen LogP contribution in [0.4, 0.5) is 0 Å². The van der Waals surface area contributed by atoms with E-state index in [-0.39, 0.29) is 0 Å². The Morgan fingerprint density at radius 3 is 2.83 bits per heavy atom. The molecular weight excluding hydrogens is 242 g/mol. The van der Waals surface area contributed by atoms with E-state index < -0.39 is 0 Å². The zero-order chi connectivity index (χ0) is 12.4. The van der Waals surface area contributed by atoms with Crippen LogP contribution in [0, 0.1) is 0 Å². The van der Waals surface area contributed by atoms with Crippen LogP contribution in [0.15, 0.2) is 35.5 Å². The average molecular weight is 259 g/mol. The number of piperidine rings is 1. The van der Waals surface area contributed by atoms with Gasteiger partial charge in [0.05, 0.1) is 6.20 Å². The summed E-state index contributed by atoms with van der Waals surface area (Å²) in [6.45, 7) is 2.38. The molecule has 4 heteroatoms. The SMILES string of the molecule is CN1CCC(Sc2nncc3ccccc23)CC1. The van der Waals surface area contributed by atoms with E-state index in [1.54, 1.807) is 0 Å². The minimum Gasteiger partial charge on any atom is -0.306 e. The van der Waals surface area contributed by atoms with Gasteiger partial charge in [-0.2, -0.15) is 5.10 Å². The van der Waals surface area contributed by atoms with Gasteiger partial charge in [0.1, 0.15) is 5.03 Å². The Balaban J connectivity index is 1.82. The Bertz CT molecular complexity index is 530. The molecule has 1 aliphatic rings. The van der Waals surface area contributed by atoms with E-state index >= 15 is 0 Å². The summed E-state index contributed by atoms with van der Waals surface area (Å²) in [5, 5.41) is 12.6. The van der Waals surface area contributed by atoms with Crippen molar-refractivity contribution in [2.45, 2.75) is 23.1 Å². The molecule has 2 heterocycles. The standard InChI is InChI=1S/C14H17N3S/c1-17-8-6-12(7-9-17)18-14-13-5-3-2-4-11(13)10-15-16-14/h2-5,10,12H,6-9H2,1H3. The largest absolute Gasteiger partial charge is 0.306 e. The number of aromatic nitrogens is 2. The van der Waals surface area contributed by atoms with Crippen LogP contribution in [-0.4, -0.2) is 40.5 Å². The smallest absolute Gasteiger partial charge is 0.127 e. The molecule has 0 spiro atoms. The molecule has 0 saturated carbocycles. The maximum Gasteiger partial charge on any atom is 0.127 e. The fourth-order valence-electron chi connectivity index (χ4n) is 2.35. The fourth-order valence-corrected chi connectivity index (χ4v) is 3.52. The molecule has 1 fully saturated rings. The van der Waals surface area contributed by atoms with Crippen molar-refractivity contribution >= 4 is 22.5 Å². The Labute approximate surface area is 112 Å². The van der Waals surface area contributed by atoms with E-state index in [1.807, 2.05) is 24.0 Å². The molecule has 0 aliphatic carbocycles. The molecule has 1 aliphatic heterocycles. The van der Waals surface area contributed by atoms with Gasteiger partial charge in [-0.05, 0) is 33.0 Å². The summed E-state index contributed by atoms with van der Waals surface area (Å²) in [5.41, 5.74) is 0. The minimum atomic E-state index is 0.682. The van der Waals surface area contributed by atoms with Gasteiger partial charge in [0.2, 0.25) is 0 Å². The molecule has 0 amide bonds. The first-order chi connectivity index (χ1) is 8.83. The number of likely N-dealkylation sites (tertiary alicyclic amines) is 1. The minimum absolute atomic E-state index is 0.682. The van der Waals surface area contributed by atoms with E-state index in [9.17, 15) is 0 Å². The monoisotopic (exact) mass is 259 g/mol. The van der Waals surface area contributed by atoms with Crippen LogP contribution in [-0.2, 0) is 0 Å². The topological polar surface area (TPSA) is 29.0 Å². The van der Waals surface area contributed by atoms with Crippen molar-refractivity contribution in [1.29, 1.82) is 0 Å². The van der Waals surface area contributed by atoms with E-state index in [0.29, 0.717) is 5.25 Å². The second-order valence-corrected chi connectivity index (χ2v) is 6.15. The van der Waals surface area contributed by atoms with Gasteiger partial charge in [-0.15, -0.1) is 16.9 Å². The summed E-state index contributed by atoms with van der Waals surface area (Å²) in [7, 11) is 2.19. The van der Waals surface area contributed by atoms with Crippen LogP contribution < -0.4 is 0 Å². The van der Waals surface area contributed by atoms with Crippen LogP contribution in [0.5, 0.6) is 0 Å². The molecule has 1 aromatic carbocycles. The van der Waals surface area contributed by atoms with Crippen LogP contribution in [0.2, 0.25) is 0 Å². The Hall–Kier alpha value is -1.13. The predicted octanol–water partition coefficient (Wildman–Crippen LogP) is 2.82. The van der Waals surface area contributed by atoms with Crippen molar-refractivity contribution in [3.05, 3.63) is 30.5 Å². The Kier molecular flexibility index (Phi) is 3.48. The highest BCUT2D eigenvalue weighted by Gasteiger charge is 2.19. The van der Waals surface area contributed by atoms with Crippen LogP contribution in [0.1, 0.15) is 12.8 Å². The summed E-state index contributed by atoms with van der Waals surface area (Å²) in [4.78, 5) is 2.39. The lowest BCUT2D eigenvalue weighted by Gasteiger charge is -2.28. The van der Waals surface area contributed by atoms with E-state index in [1.165, 1.54) is 36.7 Å². The van der Waals surface area contributed by atoms with E-state index in [4.69, 9.17) is 0 Å². The van der Waals surface area contributed by atoms with Crippen LogP contribution in [0.25, 0.3) is 10.8 Å². The lowest BCUT2D eigenvalue weighted by atomic mass is 10.1. The van der Waals surface area contributed by atoms with Crippen molar-refractivity contribution < 1.29 is 0 Å². The number of rotatable bonds is 2. The van der Waals surface area contributed by atoms with Gasteiger partial charge in [-0.1, -0.05) is 24.3 Å². The second kappa shape index (κ2) is 5.24. The maximum absolute atomic E-state index is 4.32. The molecule has 0 bridgehead atoms. The van der Waals surface area contributed by atoms with Gasteiger partial charge in [-0.3, -0.25) is 0 Å². The third-order valence-electron chi connectivity index (χ3n) is 3.48. The quantitative estimate of drug-likeness (QED) is 0.829. The number of benzene rings is 1. The van der Waals surface area contributed by atoms with Crippen LogP contribution in [0.3, 0.4) is 0 Å². The maximum atomic E-state index is 4.32. The summed E-state index contributed by atoms with van der Waals surface area (Å²) < 4.78 is 0. The molecule has 3 rings (SSSR count). The van der Waals surface area contributed by atoms with Crippen molar-refractivity contribution in [2.75, 3.05) is 20.1 Å². The van der Waals surface area contributed by atoms with Crippen molar-refractivity contribution in [1.82, 2.24) is 15.1 Å². The van der Waals surface area contributed by atoms with E-state index in [0.717, 1.165) is 5.03 Å². The molecule has 0 radical (unpaired) electrons. The molecule has 18 heavy (non-hydrogen) atoms. The normalized spacial score (nSPS) is 18.3. The molecule has 3 nitrogen and oxygen atoms in total. The summed E-state index contributed by atoms with van der Waals surface area (Å²) in [6, 6.07) is 8.36. The highest BCUT2D eigenvalue weighted by Crippen LogP contribution is 2.32. The first kappa shape index (κ1) is 11.9. The third-order valence-corrected chi connectivity index (χ3v) is 4.81. The predicted molar refractivity (Wildman–Crippen MR) is 75.9 cm³/mol. The lowest BCUT2D eigenvalue weighted by Crippen LogP contribution is -2.31. The molecule has 2 aromatic rings.